The summed E-state index contributed by atoms with van der Waals surface area (Å²) in [4.78, 5) is 0.355. The van der Waals surface area contributed by atoms with Crippen molar-refractivity contribution in [3.05, 3.63) is 23.8 Å². The molecule has 1 aliphatic heterocycles. The summed E-state index contributed by atoms with van der Waals surface area (Å²) >= 11 is 0. The van der Waals surface area contributed by atoms with Crippen molar-refractivity contribution in [2.75, 3.05) is 20.2 Å². The summed E-state index contributed by atoms with van der Waals surface area (Å²) < 4.78 is 32.3. The Morgan fingerprint density at radius 3 is 2.64 bits per heavy atom. The van der Waals surface area contributed by atoms with E-state index in [-0.39, 0.29) is 24.4 Å². The van der Waals surface area contributed by atoms with Crippen molar-refractivity contribution in [3.63, 3.8) is 0 Å². The monoisotopic (exact) mass is 348 g/mol. The fourth-order valence-corrected chi connectivity index (χ4v) is 4.54. The second-order valence-electron chi connectivity index (χ2n) is 5.76. The van der Waals surface area contributed by atoms with E-state index in [4.69, 9.17) is 10.5 Å². The first-order valence-corrected chi connectivity index (χ1v) is 8.70. The molecule has 1 saturated heterocycles. The Kier molecular flexibility index (Phi) is 6.67. The van der Waals surface area contributed by atoms with E-state index in [1.165, 1.54) is 0 Å². The van der Waals surface area contributed by atoms with Crippen molar-refractivity contribution in [1.82, 2.24) is 4.31 Å². The molecule has 0 amide bonds. The van der Waals surface area contributed by atoms with E-state index in [1.54, 1.807) is 36.5 Å². The Morgan fingerprint density at radius 2 is 2.09 bits per heavy atom. The highest BCUT2D eigenvalue weighted by Crippen LogP contribution is 2.28. The van der Waals surface area contributed by atoms with Crippen LogP contribution >= 0.6 is 12.4 Å². The van der Waals surface area contributed by atoms with Gasteiger partial charge in [0, 0.05) is 19.1 Å². The molecule has 2 atom stereocenters. The summed E-state index contributed by atoms with van der Waals surface area (Å²) in [5, 5.41) is 0. The van der Waals surface area contributed by atoms with Crippen LogP contribution in [0.5, 0.6) is 5.75 Å². The lowest BCUT2D eigenvalue weighted by Crippen LogP contribution is -2.45. The highest BCUT2D eigenvalue weighted by Gasteiger charge is 2.32. The maximum Gasteiger partial charge on any atom is 0.243 e. The number of ether oxygens (including phenoxy) is 1. The number of benzene rings is 1. The zero-order valence-electron chi connectivity index (χ0n) is 13.3. The molecule has 0 radical (unpaired) electrons. The second-order valence-corrected chi connectivity index (χ2v) is 7.66. The molecule has 1 aromatic rings. The van der Waals surface area contributed by atoms with E-state index in [0.29, 0.717) is 29.3 Å². The van der Waals surface area contributed by atoms with Crippen LogP contribution in [0.1, 0.15) is 25.3 Å². The predicted octanol–water partition coefficient (Wildman–Crippen LogP) is 2.17. The standard InChI is InChI=1S/C15H24N2O3S.ClH/c1-11-9-14(20-3)6-7-15(11)21(18,19)17-8-4-5-13(10-17)12(2)16;/h6-7,9,12-13H,4-5,8,10,16H2,1-3H3;1H. The Hall–Kier alpha value is -0.820. The molecule has 1 aromatic carbocycles. The molecule has 2 N–H and O–H groups in total. The van der Waals surface area contributed by atoms with Crippen molar-refractivity contribution >= 4 is 22.4 Å². The molecule has 126 valence electrons. The number of halogens is 1. The number of sulfonamides is 1. The fraction of sp³-hybridized carbons (Fsp3) is 0.600. The average Bonchev–Trinajstić information content (AvgIpc) is 2.46. The molecular formula is C15H25ClN2O3S. The summed E-state index contributed by atoms with van der Waals surface area (Å²) in [6.07, 6.45) is 1.85. The van der Waals surface area contributed by atoms with Gasteiger partial charge in [0.1, 0.15) is 5.75 Å². The van der Waals surface area contributed by atoms with Gasteiger partial charge < -0.3 is 10.5 Å². The van der Waals surface area contributed by atoms with Gasteiger partial charge in [-0.1, -0.05) is 0 Å². The highest BCUT2D eigenvalue weighted by atomic mass is 35.5. The minimum Gasteiger partial charge on any atom is -0.497 e. The van der Waals surface area contributed by atoms with Crippen molar-refractivity contribution in [2.45, 2.75) is 37.6 Å². The Labute approximate surface area is 139 Å². The van der Waals surface area contributed by atoms with Crippen LogP contribution in [-0.2, 0) is 10.0 Å². The zero-order valence-corrected chi connectivity index (χ0v) is 14.9. The molecule has 7 heteroatoms. The number of nitrogens with two attached hydrogens (primary N) is 1. The van der Waals surface area contributed by atoms with Crippen LogP contribution in [0, 0.1) is 12.8 Å². The quantitative estimate of drug-likeness (QED) is 0.905. The second kappa shape index (κ2) is 7.64. The molecule has 22 heavy (non-hydrogen) atoms. The Balaban J connectivity index is 0.00000242. The summed E-state index contributed by atoms with van der Waals surface area (Å²) in [7, 11) is -1.89. The number of piperidine rings is 1. The van der Waals surface area contributed by atoms with Gasteiger partial charge in [-0.25, -0.2) is 8.42 Å². The number of nitrogens with zero attached hydrogens (tertiary/aromatic N) is 1. The van der Waals surface area contributed by atoms with E-state index in [1.807, 2.05) is 6.92 Å². The summed E-state index contributed by atoms with van der Waals surface area (Å²) in [6, 6.07) is 5.08. The number of aryl methyl sites for hydroxylation is 1. The lowest BCUT2D eigenvalue weighted by Gasteiger charge is -2.34. The van der Waals surface area contributed by atoms with Crippen molar-refractivity contribution < 1.29 is 13.2 Å². The lowest BCUT2D eigenvalue weighted by molar-refractivity contribution is 0.243. The van der Waals surface area contributed by atoms with Gasteiger partial charge in [0.25, 0.3) is 0 Å². The number of rotatable bonds is 4. The molecule has 0 saturated carbocycles. The molecule has 1 aliphatic rings. The maximum atomic E-state index is 12.8. The first-order valence-electron chi connectivity index (χ1n) is 7.26. The van der Waals surface area contributed by atoms with Gasteiger partial charge in [-0.15, -0.1) is 12.4 Å². The molecule has 2 rings (SSSR count). The Bertz CT molecular complexity index is 605. The minimum atomic E-state index is -3.46. The SMILES string of the molecule is COc1ccc(S(=O)(=O)N2CCCC(C(C)N)C2)c(C)c1.Cl. The van der Waals surface area contributed by atoms with E-state index < -0.39 is 10.0 Å². The lowest BCUT2D eigenvalue weighted by atomic mass is 9.93. The Morgan fingerprint density at radius 1 is 1.41 bits per heavy atom. The first-order chi connectivity index (χ1) is 9.86. The average molecular weight is 349 g/mol. The van der Waals surface area contributed by atoms with Gasteiger partial charge in [-0.05, 0) is 56.4 Å². The van der Waals surface area contributed by atoms with Crippen molar-refractivity contribution in [1.29, 1.82) is 0 Å². The van der Waals surface area contributed by atoms with E-state index >= 15 is 0 Å². The van der Waals surface area contributed by atoms with Gasteiger partial charge in [-0.2, -0.15) is 4.31 Å². The highest BCUT2D eigenvalue weighted by molar-refractivity contribution is 7.89. The van der Waals surface area contributed by atoms with E-state index in [2.05, 4.69) is 0 Å². The van der Waals surface area contributed by atoms with Crippen molar-refractivity contribution in [3.8, 4) is 5.75 Å². The van der Waals surface area contributed by atoms with Crippen LogP contribution in [0.2, 0.25) is 0 Å². The van der Waals surface area contributed by atoms with Gasteiger partial charge in [0.2, 0.25) is 10.0 Å². The van der Waals surface area contributed by atoms with E-state index in [0.717, 1.165) is 12.8 Å². The third kappa shape index (κ3) is 3.93. The molecule has 0 aromatic heterocycles. The normalized spacial score (nSPS) is 21.0. The van der Waals surface area contributed by atoms with Gasteiger partial charge in [0.05, 0.1) is 12.0 Å². The van der Waals surface area contributed by atoms with Gasteiger partial charge in [-0.3, -0.25) is 0 Å². The first kappa shape index (κ1) is 19.2. The molecular weight excluding hydrogens is 324 g/mol. The topological polar surface area (TPSA) is 72.6 Å². The number of hydrogen-bond acceptors (Lipinski definition) is 4. The smallest absolute Gasteiger partial charge is 0.243 e. The molecule has 2 unspecified atom stereocenters. The third-order valence-electron chi connectivity index (χ3n) is 4.16. The third-order valence-corrected chi connectivity index (χ3v) is 6.19. The van der Waals surface area contributed by atoms with Gasteiger partial charge >= 0.3 is 0 Å². The number of methoxy groups -OCH3 is 1. The summed E-state index contributed by atoms with van der Waals surface area (Å²) in [6.45, 7) is 4.81. The molecule has 1 fully saturated rings. The largest absolute Gasteiger partial charge is 0.497 e. The van der Waals surface area contributed by atoms with E-state index in [9.17, 15) is 8.42 Å². The van der Waals surface area contributed by atoms with Crippen LogP contribution in [0.4, 0.5) is 0 Å². The van der Waals surface area contributed by atoms with Gasteiger partial charge in [0.15, 0.2) is 0 Å². The van der Waals surface area contributed by atoms with Crippen LogP contribution < -0.4 is 10.5 Å². The molecule has 1 heterocycles. The maximum absolute atomic E-state index is 12.8. The number of hydrogen-bond donors (Lipinski definition) is 1. The molecule has 0 bridgehead atoms. The summed E-state index contributed by atoms with van der Waals surface area (Å²) in [5.74, 6) is 0.894. The summed E-state index contributed by atoms with van der Waals surface area (Å²) in [5.41, 5.74) is 6.65. The predicted molar refractivity (Wildman–Crippen MR) is 90.1 cm³/mol. The molecule has 5 nitrogen and oxygen atoms in total. The molecule has 0 spiro atoms. The zero-order chi connectivity index (χ0) is 15.6. The van der Waals surface area contributed by atoms with Crippen molar-refractivity contribution in [2.24, 2.45) is 11.7 Å². The fourth-order valence-electron chi connectivity index (χ4n) is 2.80. The van der Waals surface area contributed by atoms with Crippen LogP contribution in [0.15, 0.2) is 23.1 Å². The minimum absolute atomic E-state index is 0. The molecule has 0 aliphatic carbocycles. The van der Waals surface area contributed by atoms with Crippen LogP contribution in [0.3, 0.4) is 0 Å². The van der Waals surface area contributed by atoms with Crippen LogP contribution in [0.25, 0.3) is 0 Å². The van der Waals surface area contributed by atoms with Crippen LogP contribution in [-0.4, -0.2) is 39.0 Å².